The summed E-state index contributed by atoms with van der Waals surface area (Å²) in [5.41, 5.74) is 0.0787. The molecule has 0 aliphatic rings. The van der Waals surface area contributed by atoms with E-state index in [2.05, 4.69) is 6.58 Å². The summed E-state index contributed by atoms with van der Waals surface area (Å²) in [6.07, 6.45) is -0.366. The standard InChI is InChI=1S/C6H8O3.Na/c1-4(5(2)7)3-6(8)9;/h1,3H2,2H3,(H,8,9);/q;+1/p-1. The summed E-state index contributed by atoms with van der Waals surface area (Å²) in [5.74, 6) is -1.57. The molecule has 0 N–H and O–H groups in total. The molecule has 0 atom stereocenters. The van der Waals surface area contributed by atoms with Gasteiger partial charge in [-0.25, -0.2) is 0 Å². The number of hydrogen-bond acceptors (Lipinski definition) is 3. The maximum Gasteiger partial charge on any atom is 1.00 e. The molecule has 0 aromatic carbocycles. The van der Waals surface area contributed by atoms with Crippen molar-refractivity contribution in [3.05, 3.63) is 12.2 Å². The van der Waals surface area contributed by atoms with Crippen LogP contribution in [-0.4, -0.2) is 11.8 Å². The Balaban J connectivity index is 0. The zero-order valence-electron chi connectivity index (χ0n) is 6.14. The number of aliphatic carboxylic acids is 1. The van der Waals surface area contributed by atoms with E-state index in [0.29, 0.717) is 0 Å². The molecule has 50 valence electrons. The SMILES string of the molecule is C=C(CC(=O)[O-])C(C)=O.[Na+]. The summed E-state index contributed by atoms with van der Waals surface area (Å²) in [7, 11) is 0. The number of Topliss-reactive ketones (excluding diaryl/α,β-unsaturated/α-hetero) is 1. The molecule has 0 rings (SSSR count). The monoisotopic (exact) mass is 150 g/mol. The van der Waals surface area contributed by atoms with Gasteiger partial charge in [0, 0.05) is 12.4 Å². The van der Waals surface area contributed by atoms with Crippen LogP contribution in [0.25, 0.3) is 0 Å². The Morgan fingerprint density at radius 3 is 2.00 bits per heavy atom. The maximum absolute atomic E-state index is 10.3. The Morgan fingerprint density at radius 1 is 1.50 bits per heavy atom. The maximum atomic E-state index is 10.3. The van der Waals surface area contributed by atoms with Crippen molar-refractivity contribution in [3.63, 3.8) is 0 Å². The molecule has 0 saturated heterocycles. The van der Waals surface area contributed by atoms with E-state index in [1.54, 1.807) is 0 Å². The summed E-state index contributed by atoms with van der Waals surface area (Å²) in [4.78, 5) is 20.1. The van der Waals surface area contributed by atoms with Crippen molar-refractivity contribution in [2.24, 2.45) is 0 Å². The van der Waals surface area contributed by atoms with Crippen LogP contribution in [-0.2, 0) is 9.59 Å². The van der Waals surface area contributed by atoms with Crippen molar-refractivity contribution < 1.29 is 44.3 Å². The van der Waals surface area contributed by atoms with E-state index >= 15 is 0 Å². The van der Waals surface area contributed by atoms with E-state index in [4.69, 9.17) is 0 Å². The fraction of sp³-hybridized carbons (Fsp3) is 0.333. The quantitative estimate of drug-likeness (QED) is 0.307. The number of carboxylic acid groups (broad SMARTS) is 1. The van der Waals surface area contributed by atoms with E-state index in [9.17, 15) is 14.7 Å². The average molecular weight is 150 g/mol. The van der Waals surface area contributed by atoms with Crippen LogP contribution in [0.15, 0.2) is 12.2 Å². The van der Waals surface area contributed by atoms with Crippen LogP contribution in [0.1, 0.15) is 13.3 Å². The fourth-order valence-electron chi connectivity index (χ4n) is 0.299. The van der Waals surface area contributed by atoms with Crippen molar-refractivity contribution in [1.29, 1.82) is 0 Å². The normalized spacial score (nSPS) is 7.70. The van der Waals surface area contributed by atoms with Gasteiger partial charge in [-0.15, -0.1) is 0 Å². The molecule has 3 nitrogen and oxygen atoms in total. The second-order valence-corrected chi connectivity index (χ2v) is 1.71. The Hall–Kier alpha value is -0.120. The summed E-state index contributed by atoms with van der Waals surface area (Å²) >= 11 is 0. The molecule has 0 aliphatic carbocycles. The van der Waals surface area contributed by atoms with Gasteiger partial charge in [0.15, 0.2) is 5.78 Å². The molecule has 0 spiro atoms. The Kier molecular flexibility index (Phi) is 7.09. The molecule has 0 aliphatic heterocycles. The average Bonchev–Trinajstić information content (AvgIpc) is 1.63. The smallest absolute Gasteiger partial charge is 0.550 e. The molecule has 4 heteroatoms. The third kappa shape index (κ3) is 6.01. The van der Waals surface area contributed by atoms with Crippen LogP contribution in [0, 0.1) is 0 Å². The fourth-order valence-corrected chi connectivity index (χ4v) is 0.299. The van der Waals surface area contributed by atoms with Crippen LogP contribution in [0.4, 0.5) is 0 Å². The van der Waals surface area contributed by atoms with Crippen LogP contribution >= 0.6 is 0 Å². The largest absolute Gasteiger partial charge is 1.00 e. The summed E-state index contributed by atoms with van der Waals surface area (Å²) in [5, 5.41) is 9.79. The number of carboxylic acids is 1. The zero-order valence-corrected chi connectivity index (χ0v) is 8.14. The molecular weight excluding hydrogens is 143 g/mol. The number of rotatable bonds is 3. The molecule has 0 saturated carbocycles. The minimum Gasteiger partial charge on any atom is -0.550 e. The van der Waals surface area contributed by atoms with Crippen molar-refractivity contribution in [3.8, 4) is 0 Å². The molecule has 10 heavy (non-hydrogen) atoms. The van der Waals surface area contributed by atoms with Crippen molar-refractivity contribution >= 4 is 11.8 Å². The minimum absolute atomic E-state index is 0. The van der Waals surface area contributed by atoms with Crippen molar-refractivity contribution in [2.75, 3.05) is 0 Å². The number of ketones is 1. The van der Waals surface area contributed by atoms with Gasteiger partial charge in [0.2, 0.25) is 0 Å². The van der Waals surface area contributed by atoms with Gasteiger partial charge in [-0.3, -0.25) is 4.79 Å². The van der Waals surface area contributed by atoms with Gasteiger partial charge in [-0.1, -0.05) is 6.58 Å². The number of carbonyl (C=O) groups is 2. The zero-order chi connectivity index (χ0) is 7.44. The molecule has 0 aromatic rings. The van der Waals surface area contributed by atoms with Crippen LogP contribution < -0.4 is 34.7 Å². The molecular formula is C6H7NaO3. The van der Waals surface area contributed by atoms with Crippen LogP contribution in [0.5, 0.6) is 0 Å². The van der Waals surface area contributed by atoms with Gasteiger partial charge in [-0.2, -0.15) is 0 Å². The first kappa shape index (κ1) is 12.5. The third-order valence-electron chi connectivity index (χ3n) is 0.856. The van der Waals surface area contributed by atoms with Gasteiger partial charge in [-0.05, 0) is 12.5 Å². The molecule has 0 fully saturated rings. The second-order valence-electron chi connectivity index (χ2n) is 1.71. The molecule has 0 unspecified atom stereocenters. The third-order valence-corrected chi connectivity index (χ3v) is 0.856. The molecule has 0 radical (unpaired) electrons. The van der Waals surface area contributed by atoms with Gasteiger partial charge in [0.25, 0.3) is 0 Å². The Labute approximate surface area is 81.4 Å². The van der Waals surface area contributed by atoms with Crippen molar-refractivity contribution in [2.45, 2.75) is 13.3 Å². The summed E-state index contributed by atoms with van der Waals surface area (Å²) in [6.45, 7) is 4.49. The first-order chi connectivity index (χ1) is 4.04. The van der Waals surface area contributed by atoms with Gasteiger partial charge in [0.1, 0.15) is 0 Å². The van der Waals surface area contributed by atoms with E-state index in [0.717, 1.165) is 0 Å². The van der Waals surface area contributed by atoms with E-state index < -0.39 is 5.97 Å². The number of carbonyl (C=O) groups excluding carboxylic acids is 2. The molecule has 0 bridgehead atoms. The predicted molar refractivity (Wildman–Crippen MR) is 29.4 cm³/mol. The van der Waals surface area contributed by atoms with Crippen molar-refractivity contribution in [1.82, 2.24) is 0 Å². The Morgan fingerprint density at radius 2 is 1.90 bits per heavy atom. The molecule has 0 heterocycles. The predicted octanol–water partition coefficient (Wildman–Crippen LogP) is -3.72. The summed E-state index contributed by atoms with van der Waals surface area (Å²) < 4.78 is 0. The Bertz CT molecular complexity index is 162. The van der Waals surface area contributed by atoms with E-state index in [-0.39, 0.29) is 47.3 Å². The van der Waals surface area contributed by atoms with Crippen LogP contribution in [0.2, 0.25) is 0 Å². The van der Waals surface area contributed by atoms with Crippen LogP contribution in [0.3, 0.4) is 0 Å². The molecule has 0 amide bonds. The van der Waals surface area contributed by atoms with E-state index in [1.165, 1.54) is 6.92 Å². The first-order valence-corrected chi connectivity index (χ1v) is 2.42. The molecule has 0 aromatic heterocycles. The summed E-state index contributed by atoms with van der Waals surface area (Å²) in [6, 6.07) is 0. The van der Waals surface area contributed by atoms with E-state index in [1.807, 2.05) is 0 Å². The second kappa shape index (κ2) is 5.65. The number of hydrogen-bond donors (Lipinski definition) is 0. The topological polar surface area (TPSA) is 57.2 Å². The van der Waals surface area contributed by atoms with Gasteiger partial charge in [0.05, 0.1) is 0 Å². The van der Waals surface area contributed by atoms with Gasteiger partial charge >= 0.3 is 29.6 Å². The van der Waals surface area contributed by atoms with Gasteiger partial charge < -0.3 is 9.90 Å². The minimum atomic E-state index is -1.27. The first-order valence-electron chi connectivity index (χ1n) is 2.42.